The fourth-order valence-corrected chi connectivity index (χ4v) is 5.12. The van der Waals surface area contributed by atoms with Gasteiger partial charge in [0, 0.05) is 25.7 Å². The van der Waals surface area contributed by atoms with E-state index in [2.05, 4.69) is 36.5 Å². The van der Waals surface area contributed by atoms with Crippen LogP contribution in [0.1, 0.15) is 43.2 Å². The Morgan fingerprint density at radius 2 is 0.840 bits per heavy atom. The number of benzene rings is 2. The number of unbranched alkanes of at least 4 members (excludes halogenated alkanes) is 1. The number of amides is 1. The van der Waals surface area contributed by atoms with Crippen LogP contribution >= 0.6 is 0 Å². The topological polar surface area (TPSA) is 121 Å². The zero-order chi connectivity index (χ0) is 35.2. The van der Waals surface area contributed by atoms with Crippen molar-refractivity contribution in [3.63, 3.8) is 0 Å². The standard InChI is InChI=1S/C38H59NO11/c1-2-3-14-41-16-18-43-20-22-45-24-26-47-28-30-49-31-29-48-27-25-46-23-21-44-19-17-42-15-8-13-39-38(40)50-32-37-35-11-6-4-9-33(35)34-10-5-7-12-36(34)37/h4-7,9-12,37H,2-3,8,13-32H2,1H3,(H,39,40). The van der Waals surface area contributed by atoms with E-state index in [1.807, 2.05) is 24.3 Å². The lowest BCUT2D eigenvalue weighted by molar-refractivity contribution is -0.0250. The Balaban J connectivity index is 0.971. The predicted octanol–water partition coefficient (Wildman–Crippen LogP) is 4.86. The number of carbonyl (C=O) groups excluding carboxylic acids is 1. The molecule has 1 amide bonds. The second-order valence-electron chi connectivity index (χ2n) is 11.5. The molecule has 0 aliphatic heterocycles. The van der Waals surface area contributed by atoms with E-state index < -0.39 is 6.09 Å². The molecule has 3 rings (SSSR count). The Morgan fingerprint density at radius 3 is 1.22 bits per heavy atom. The molecule has 2 aromatic carbocycles. The minimum atomic E-state index is -0.412. The molecule has 0 fully saturated rings. The molecule has 12 heteroatoms. The smallest absolute Gasteiger partial charge is 0.407 e. The minimum absolute atomic E-state index is 0.0533. The second kappa shape index (κ2) is 29.0. The van der Waals surface area contributed by atoms with Crippen molar-refractivity contribution >= 4 is 6.09 Å². The van der Waals surface area contributed by atoms with Crippen LogP contribution in [0.3, 0.4) is 0 Å². The van der Waals surface area contributed by atoms with Crippen molar-refractivity contribution in [2.24, 2.45) is 0 Å². The fourth-order valence-electron chi connectivity index (χ4n) is 5.12. The third-order valence-electron chi connectivity index (χ3n) is 7.70. The van der Waals surface area contributed by atoms with E-state index in [0.29, 0.717) is 132 Å². The maximum absolute atomic E-state index is 12.3. The summed E-state index contributed by atoms with van der Waals surface area (Å²) in [5.41, 5.74) is 4.82. The van der Waals surface area contributed by atoms with Gasteiger partial charge in [0.15, 0.2) is 0 Å². The fraction of sp³-hybridized carbons (Fsp3) is 0.658. The number of alkyl carbamates (subject to hydrolysis) is 1. The van der Waals surface area contributed by atoms with Crippen molar-refractivity contribution in [1.29, 1.82) is 0 Å². The number of hydrogen-bond donors (Lipinski definition) is 1. The lowest BCUT2D eigenvalue weighted by atomic mass is 9.98. The lowest BCUT2D eigenvalue weighted by Gasteiger charge is -2.14. The Bertz CT molecular complexity index is 1080. The highest BCUT2D eigenvalue weighted by atomic mass is 16.6. The third-order valence-corrected chi connectivity index (χ3v) is 7.70. The van der Waals surface area contributed by atoms with Crippen LogP contribution in [-0.2, 0) is 47.4 Å². The molecule has 0 radical (unpaired) electrons. The van der Waals surface area contributed by atoms with E-state index in [1.165, 1.54) is 22.3 Å². The van der Waals surface area contributed by atoms with Crippen molar-refractivity contribution in [2.75, 3.05) is 132 Å². The zero-order valence-corrected chi connectivity index (χ0v) is 30.0. The number of rotatable bonds is 33. The normalized spacial score (nSPS) is 12.3. The van der Waals surface area contributed by atoms with Crippen LogP contribution in [0.2, 0.25) is 0 Å². The molecule has 282 valence electrons. The number of carbonyl (C=O) groups is 1. The summed E-state index contributed by atoms with van der Waals surface area (Å²) in [4.78, 5) is 12.3. The maximum Gasteiger partial charge on any atom is 0.407 e. The molecule has 0 heterocycles. The van der Waals surface area contributed by atoms with Gasteiger partial charge in [-0.2, -0.15) is 0 Å². The summed E-state index contributed by atoms with van der Waals surface area (Å²) >= 11 is 0. The first-order valence-corrected chi connectivity index (χ1v) is 18.1. The first-order valence-electron chi connectivity index (χ1n) is 18.1. The maximum atomic E-state index is 12.3. The Labute approximate surface area is 298 Å². The number of hydrogen-bond acceptors (Lipinski definition) is 11. The third kappa shape index (κ3) is 18.5. The van der Waals surface area contributed by atoms with Gasteiger partial charge in [-0.05, 0) is 35.1 Å². The first kappa shape index (κ1) is 41.8. The molecular weight excluding hydrogens is 646 g/mol. The molecule has 0 aromatic heterocycles. The van der Waals surface area contributed by atoms with Crippen molar-refractivity contribution in [3.8, 4) is 11.1 Å². The molecule has 0 bridgehead atoms. The van der Waals surface area contributed by atoms with Gasteiger partial charge in [0.2, 0.25) is 0 Å². The van der Waals surface area contributed by atoms with Crippen molar-refractivity contribution in [2.45, 2.75) is 32.1 Å². The van der Waals surface area contributed by atoms with E-state index in [4.69, 9.17) is 47.4 Å². The Hall–Kier alpha value is -2.65. The van der Waals surface area contributed by atoms with Crippen molar-refractivity contribution in [1.82, 2.24) is 5.32 Å². The summed E-state index contributed by atoms with van der Waals surface area (Å²) < 4.78 is 55.0. The molecule has 0 spiro atoms. The van der Waals surface area contributed by atoms with E-state index in [-0.39, 0.29) is 5.92 Å². The van der Waals surface area contributed by atoms with Gasteiger partial charge in [0.1, 0.15) is 6.61 Å². The summed E-state index contributed by atoms with van der Waals surface area (Å²) in [5.74, 6) is 0.0533. The average molecular weight is 706 g/mol. The summed E-state index contributed by atoms with van der Waals surface area (Å²) in [7, 11) is 0. The quantitative estimate of drug-likeness (QED) is 0.103. The minimum Gasteiger partial charge on any atom is -0.449 e. The van der Waals surface area contributed by atoms with E-state index in [1.54, 1.807) is 0 Å². The van der Waals surface area contributed by atoms with Gasteiger partial charge < -0.3 is 52.7 Å². The van der Waals surface area contributed by atoms with Crippen LogP contribution < -0.4 is 5.32 Å². The summed E-state index contributed by atoms with van der Waals surface area (Å²) in [6.07, 6.45) is 2.51. The lowest BCUT2D eigenvalue weighted by Crippen LogP contribution is -2.27. The highest BCUT2D eigenvalue weighted by Gasteiger charge is 2.28. The van der Waals surface area contributed by atoms with E-state index >= 15 is 0 Å². The number of fused-ring (bicyclic) bond motifs is 3. The molecule has 0 saturated heterocycles. The number of nitrogens with one attached hydrogen (secondary N) is 1. The predicted molar refractivity (Wildman–Crippen MR) is 190 cm³/mol. The largest absolute Gasteiger partial charge is 0.449 e. The second-order valence-corrected chi connectivity index (χ2v) is 11.5. The zero-order valence-electron chi connectivity index (χ0n) is 30.0. The van der Waals surface area contributed by atoms with Gasteiger partial charge >= 0.3 is 6.09 Å². The summed E-state index contributed by atoms with van der Waals surface area (Å²) in [6.45, 7) is 12.7. The average Bonchev–Trinajstić information content (AvgIpc) is 3.46. The molecule has 0 saturated carbocycles. The van der Waals surface area contributed by atoms with E-state index in [9.17, 15) is 4.79 Å². The van der Waals surface area contributed by atoms with Crippen LogP contribution in [0.15, 0.2) is 48.5 Å². The summed E-state index contributed by atoms with van der Waals surface area (Å²) in [5, 5.41) is 2.81. The van der Waals surface area contributed by atoms with Gasteiger partial charge in [-0.15, -0.1) is 0 Å². The van der Waals surface area contributed by atoms with Gasteiger partial charge in [-0.25, -0.2) is 4.79 Å². The Morgan fingerprint density at radius 1 is 0.500 bits per heavy atom. The Kier molecular flexibility index (Phi) is 24.2. The van der Waals surface area contributed by atoms with E-state index in [0.717, 1.165) is 19.4 Å². The van der Waals surface area contributed by atoms with Gasteiger partial charge in [-0.3, -0.25) is 0 Å². The van der Waals surface area contributed by atoms with Crippen LogP contribution in [0.4, 0.5) is 4.79 Å². The molecule has 0 atom stereocenters. The first-order chi connectivity index (χ1) is 24.8. The van der Waals surface area contributed by atoms with Crippen molar-refractivity contribution < 1.29 is 52.2 Å². The highest BCUT2D eigenvalue weighted by molar-refractivity contribution is 5.79. The monoisotopic (exact) mass is 705 g/mol. The van der Waals surface area contributed by atoms with Gasteiger partial charge in [0.05, 0.1) is 106 Å². The number of ether oxygens (including phenoxy) is 10. The molecule has 50 heavy (non-hydrogen) atoms. The van der Waals surface area contributed by atoms with Gasteiger partial charge in [-0.1, -0.05) is 61.9 Å². The molecular formula is C38H59NO11. The van der Waals surface area contributed by atoms with Gasteiger partial charge in [0.25, 0.3) is 0 Å². The van der Waals surface area contributed by atoms with Crippen LogP contribution in [0.5, 0.6) is 0 Å². The van der Waals surface area contributed by atoms with Crippen LogP contribution in [0.25, 0.3) is 11.1 Å². The van der Waals surface area contributed by atoms with Crippen molar-refractivity contribution in [3.05, 3.63) is 59.7 Å². The molecule has 1 aliphatic rings. The molecule has 1 aliphatic carbocycles. The van der Waals surface area contributed by atoms with Crippen LogP contribution in [-0.4, -0.2) is 138 Å². The molecule has 1 N–H and O–H groups in total. The van der Waals surface area contributed by atoms with Crippen LogP contribution in [0, 0.1) is 0 Å². The highest BCUT2D eigenvalue weighted by Crippen LogP contribution is 2.44. The molecule has 12 nitrogen and oxygen atoms in total. The summed E-state index contributed by atoms with van der Waals surface area (Å²) in [6, 6.07) is 16.6. The molecule has 0 unspecified atom stereocenters. The SMILES string of the molecule is CCCCOCCOCCOCCOCCOCCOCCOCCOCCOCCCNC(=O)OCC1c2ccccc2-c2ccccc21. The molecule has 2 aromatic rings.